The van der Waals surface area contributed by atoms with Crippen LogP contribution < -0.4 is 10.6 Å². The molecule has 0 spiro atoms. The third-order valence-electron chi connectivity index (χ3n) is 2.58. The van der Waals surface area contributed by atoms with Crippen molar-refractivity contribution in [1.29, 1.82) is 0 Å². The van der Waals surface area contributed by atoms with Crippen LogP contribution in [0.15, 0.2) is 16.6 Å². The van der Waals surface area contributed by atoms with Gasteiger partial charge in [-0.25, -0.2) is 8.78 Å². The van der Waals surface area contributed by atoms with Gasteiger partial charge in [0.1, 0.15) is 23.2 Å². The van der Waals surface area contributed by atoms with Crippen LogP contribution >= 0.6 is 15.9 Å². The Balaban J connectivity index is 2.71. The Morgan fingerprint density at radius 2 is 1.90 bits per heavy atom. The van der Waals surface area contributed by atoms with Gasteiger partial charge in [0.05, 0.1) is 6.61 Å². The summed E-state index contributed by atoms with van der Waals surface area (Å²) in [5.41, 5.74) is -0.727. The normalized spacial score (nSPS) is 11.9. The predicted molar refractivity (Wildman–Crippen MR) is 75.9 cm³/mol. The van der Waals surface area contributed by atoms with Crippen LogP contribution in [0, 0.1) is 11.6 Å². The minimum Gasteiger partial charge on any atom is -0.383 e. The van der Waals surface area contributed by atoms with Crippen molar-refractivity contribution in [2.45, 2.75) is 13.0 Å². The lowest BCUT2D eigenvalue weighted by Crippen LogP contribution is -2.45. The highest BCUT2D eigenvalue weighted by atomic mass is 79.9. The van der Waals surface area contributed by atoms with Crippen molar-refractivity contribution >= 4 is 27.7 Å². The van der Waals surface area contributed by atoms with Crippen LogP contribution in [-0.2, 0) is 9.53 Å². The highest BCUT2D eigenvalue weighted by Gasteiger charge is 2.22. The number of benzene rings is 1. The molecule has 8 heteroatoms. The zero-order chi connectivity index (χ0) is 16.0. The summed E-state index contributed by atoms with van der Waals surface area (Å²) in [7, 11) is 1.48. The van der Waals surface area contributed by atoms with E-state index in [1.54, 1.807) is 0 Å². The fourth-order valence-electron chi connectivity index (χ4n) is 1.52. The maximum Gasteiger partial charge on any atom is 0.257 e. The Morgan fingerprint density at radius 1 is 1.33 bits per heavy atom. The van der Waals surface area contributed by atoms with E-state index in [-0.39, 0.29) is 11.0 Å². The largest absolute Gasteiger partial charge is 0.383 e. The number of ether oxygens (including phenoxy) is 1. The first-order valence-corrected chi connectivity index (χ1v) is 6.88. The minimum absolute atomic E-state index is 0.180. The second-order valence-electron chi connectivity index (χ2n) is 4.22. The molecule has 0 fully saturated rings. The molecule has 2 amide bonds. The number of hydrogen-bond acceptors (Lipinski definition) is 3. The van der Waals surface area contributed by atoms with Crippen molar-refractivity contribution < 1.29 is 23.1 Å². The molecule has 0 aromatic heterocycles. The highest BCUT2D eigenvalue weighted by Crippen LogP contribution is 2.19. The fraction of sp³-hybridized carbons (Fsp3) is 0.385. The van der Waals surface area contributed by atoms with Gasteiger partial charge in [-0.15, -0.1) is 0 Å². The van der Waals surface area contributed by atoms with Crippen molar-refractivity contribution in [3.63, 3.8) is 0 Å². The van der Waals surface area contributed by atoms with E-state index < -0.39 is 35.1 Å². The van der Waals surface area contributed by atoms with E-state index in [9.17, 15) is 18.4 Å². The van der Waals surface area contributed by atoms with Crippen LogP contribution in [-0.4, -0.2) is 38.1 Å². The van der Waals surface area contributed by atoms with E-state index in [2.05, 4.69) is 26.6 Å². The van der Waals surface area contributed by atoms with Crippen LogP contribution in [0.25, 0.3) is 0 Å². The number of hydrogen-bond donors (Lipinski definition) is 2. The molecule has 0 heterocycles. The molecule has 1 aromatic carbocycles. The standard InChI is InChI=1S/C13H15BrF2N2O3/c1-7(12(19)17-3-4-21-2)18-13(20)11-9(15)5-8(14)6-10(11)16/h5-7H,3-4H2,1-2H3,(H,17,19)(H,18,20). The van der Waals surface area contributed by atoms with Gasteiger partial charge in [0, 0.05) is 18.1 Å². The van der Waals surface area contributed by atoms with E-state index in [1.807, 2.05) is 0 Å². The zero-order valence-corrected chi connectivity index (χ0v) is 13.1. The number of rotatable bonds is 6. The van der Waals surface area contributed by atoms with E-state index in [1.165, 1.54) is 14.0 Å². The quantitative estimate of drug-likeness (QED) is 0.753. The number of carbonyl (C=O) groups is 2. The lowest BCUT2D eigenvalue weighted by Gasteiger charge is -2.14. The molecule has 1 unspecified atom stereocenters. The Labute approximate surface area is 129 Å². The number of amides is 2. The summed E-state index contributed by atoms with van der Waals surface area (Å²) < 4.78 is 32.2. The molecule has 0 saturated carbocycles. The number of halogens is 3. The monoisotopic (exact) mass is 364 g/mol. The van der Waals surface area contributed by atoms with Gasteiger partial charge in [-0.05, 0) is 19.1 Å². The van der Waals surface area contributed by atoms with E-state index in [0.717, 1.165) is 12.1 Å². The molecule has 1 atom stereocenters. The van der Waals surface area contributed by atoms with Gasteiger partial charge in [-0.3, -0.25) is 9.59 Å². The SMILES string of the molecule is COCCNC(=O)C(C)NC(=O)c1c(F)cc(Br)cc1F. The molecule has 0 saturated heterocycles. The van der Waals surface area contributed by atoms with Gasteiger partial charge in [-0.2, -0.15) is 0 Å². The molecule has 21 heavy (non-hydrogen) atoms. The Hall–Kier alpha value is -1.54. The Morgan fingerprint density at radius 3 is 2.43 bits per heavy atom. The second kappa shape index (κ2) is 8.04. The number of carbonyl (C=O) groups excluding carboxylic acids is 2. The van der Waals surface area contributed by atoms with Crippen molar-refractivity contribution in [3.8, 4) is 0 Å². The first kappa shape index (κ1) is 17.5. The lowest BCUT2D eigenvalue weighted by molar-refractivity contribution is -0.122. The zero-order valence-electron chi connectivity index (χ0n) is 11.5. The fourth-order valence-corrected chi connectivity index (χ4v) is 1.92. The summed E-state index contributed by atoms with van der Waals surface area (Å²) >= 11 is 2.92. The van der Waals surface area contributed by atoms with Gasteiger partial charge in [0.25, 0.3) is 5.91 Å². The van der Waals surface area contributed by atoms with E-state index in [0.29, 0.717) is 6.61 Å². The summed E-state index contributed by atoms with van der Waals surface area (Å²) in [5.74, 6) is -3.48. The number of nitrogens with one attached hydrogen (secondary N) is 2. The topological polar surface area (TPSA) is 67.4 Å². The molecule has 0 aliphatic rings. The molecule has 5 nitrogen and oxygen atoms in total. The summed E-state index contributed by atoms with van der Waals surface area (Å²) in [5, 5.41) is 4.74. The summed E-state index contributed by atoms with van der Waals surface area (Å²) in [4.78, 5) is 23.5. The Kier molecular flexibility index (Phi) is 6.70. The maximum atomic E-state index is 13.6. The van der Waals surface area contributed by atoms with Gasteiger partial charge < -0.3 is 15.4 Å². The van der Waals surface area contributed by atoms with Crippen LogP contribution in [0.4, 0.5) is 8.78 Å². The Bertz CT molecular complexity index is 517. The summed E-state index contributed by atoms with van der Waals surface area (Å²) in [6.07, 6.45) is 0. The summed E-state index contributed by atoms with van der Waals surface area (Å²) in [6, 6.07) is 1.01. The molecule has 116 valence electrons. The highest BCUT2D eigenvalue weighted by molar-refractivity contribution is 9.10. The van der Waals surface area contributed by atoms with E-state index >= 15 is 0 Å². The molecule has 0 bridgehead atoms. The van der Waals surface area contributed by atoms with Gasteiger partial charge in [-0.1, -0.05) is 15.9 Å². The molecule has 0 aliphatic heterocycles. The van der Waals surface area contributed by atoms with E-state index in [4.69, 9.17) is 4.74 Å². The maximum absolute atomic E-state index is 13.6. The average Bonchev–Trinajstić information content (AvgIpc) is 2.37. The molecule has 2 N–H and O–H groups in total. The van der Waals surface area contributed by atoms with Crippen molar-refractivity contribution in [3.05, 3.63) is 33.8 Å². The van der Waals surface area contributed by atoms with Gasteiger partial charge in [0.2, 0.25) is 5.91 Å². The lowest BCUT2D eigenvalue weighted by atomic mass is 10.1. The molecular weight excluding hydrogens is 350 g/mol. The van der Waals surface area contributed by atoms with Crippen molar-refractivity contribution in [2.75, 3.05) is 20.3 Å². The molecule has 1 aromatic rings. The first-order valence-electron chi connectivity index (χ1n) is 6.09. The summed E-state index contributed by atoms with van der Waals surface area (Å²) in [6.45, 7) is 2.01. The average molecular weight is 365 g/mol. The minimum atomic E-state index is -1.01. The molecule has 0 radical (unpaired) electrons. The second-order valence-corrected chi connectivity index (χ2v) is 5.14. The predicted octanol–water partition coefficient (Wildman–Crippen LogP) is 1.61. The third kappa shape index (κ3) is 5.05. The van der Waals surface area contributed by atoms with Crippen molar-refractivity contribution in [1.82, 2.24) is 10.6 Å². The van der Waals surface area contributed by atoms with Crippen LogP contribution in [0.5, 0.6) is 0 Å². The molecule has 1 rings (SSSR count). The number of methoxy groups -OCH3 is 1. The third-order valence-corrected chi connectivity index (χ3v) is 3.04. The van der Waals surface area contributed by atoms with Crippen LogP contribution in [0.1, 0.15) is 17.3 Å². The molecule has 0 aliphatic carbocycles. The first-order chi connectivity index (χ1) is 9.86. The smallest absolute Gasteiger partial charge is 0.257 e. The van der Waals surface area contributed by atoms with Crippen LogP contribution in [0.3, 0.4) is 0 Å². The van der Waals surface area contributed by atoms with Crippen molar-refractivity contribution in [2.24, 2.45) is 0 Å². The van der Waals surface area contributed by atoms with Gasteiger partial charge >= 0.3 is 0 Å². The molecular formula is C13H15BrF2N2O3. The van der Waals surface area contributed by atoms with Gasteiger partial charge in [0.15, 0.2) is 0 Å². The van der Waals surface area contributed by atoms with Crippen LogP contribution in [0.2, 0.25) is 0 Å².